The van der Waals surface area contributed by atoms with E-state index in [1.807, 2.05) is 39.0 Å². The third-order valence-electron chi connectivity index (χ3n) is 10.4. The van der Waals surface area contributed by atoms with Gasteiger partial charge in [-0.1, -0.05) is 23.3 Å². The fraction of sp³-hybridized carbons (Fsp3) is 0.436. The summed E-state index contributed by atoms with van der Waals surface area (Å²) < 4.78 is 56.2. The molecule has 1 atom stereocenters. The van der Waals surface area contributed by atoms with Crippen LogP contribution in [0.5, 0.6) is 51.7 Å². The zero-order chi connectivity index (χ0) is 36.5. The quantitative estimate of drug-likeness (QED) is 0.158. The third kappa shape index (κ3) is 5.44. The molecule has 266 valence electrons. The van der Waals surface area contributed by atoms with Crippen LogP contribution in [0.1, 0.15) is 44.4 Å². The van der Waals surface area contributed by atoms with E-state index in [9.17, 15) is 0 Å². The Morgan fingerprint density at radius 2 is 0.694 bits per heavy atom. The minimum Gasteiger partial charge on any atom is -0.497 e. The lowest BCUT2D eigenvalue weighted by Crippen LogP contribution is -2.71. The van der Waals surface area contributed by atoms with Crippen molar-refractivity contribution >= 4 is 23.6 Å². The molecule has 0 heterocycles. The monoisotopic (exact) mass is 692 g/mol. The van der Waals surface area contributed by atoms with E-state index in [1.165, 1.54) is 16.3 Å². The van der Waals surface area contributed by atoms with E-state index in [2.05, 4.69) is 27.7 Å². The Balaban J connectivity index is 2.64. The van der Waals surface area contributed by atoms with Crippen molar-refractivity contribution in [3.8, 4) is 51.7 Å². The predicted octanol–water partition coefficient (Wildman–Crippen LogP) is 6.00. The predicted molar refractivity (Wildman–Crippen MR) is 197 cm³/mol. The smallest absolute Gasteiger partial charge is 0.203 e. The van der Waals surface area contributed by atoms with E-state index in [-0.39, 0.29) is 5.92 Å². The van der Waals surface area contributed by atoms with Crippen molar-refractivity contribution in [1.29, 1.82) is 0 Å². The normalized spacial score (nSPS) is 14.6. The van der Waals surface area contributed by atoms with Crippen LogP contribution in [0, 0.1) is 26.7 Å². The van der Waals surface area contributed by atoms with Crippen LogP contribution >= 0.6 is 0 Å². The van der Waals surface area contributed by atoms with Gasteiger partial charge in [-0.15, -0.1) is 0 Å². The fourth-order valence-corrected chi connectivity index (χ4v) is 14.5. The van der Waals surface area contributed by atoms with Gasteiger partial charge in [0, 0.05) is 50.4 Å². The molecule has 0 spiro atoms. The van der Waals surface area contributed by atoms with Crippen LogP contribution in [0.4, 0.5) is 0 Å². The highest BCUT2D eigenvalue weighted by atomic mass is 28.3. The Labute approximate surface area is 292 Å². The van der Waals surface area contributed by atoms with Gasteiger partial charge < -0.3 is 42.6 Å². The van der Waals surface area contributed by atoms with Crippen molar-refractivity contribution in [2.24, 2.45) is 5.92 Å². The van der Waals surface area contributed by atoms with E-state index >= 15 is 0 Å². The first-order valence-corrected chi connectivity index (χ1v) is 18.1. The highest BCUT2D eigenvalue weighted by Crippen LogP contribution is 2.50. The summed E-state index contributed by atoms with van der Waals surface area (Å²) in [7, 11) is 11.1. The zero-order valence-corrected chi connectivity index (χ0v) is 33.0. The van der Waals surface area contributed by atoms with E-state index in [0.717, 1.165) is 37.8 Å². The molecule has 10 heteroatoms. The summed E-state index contributed by atoms with van der Waals surface area (Å²) in [6.45, 7) is 14.8. The molecule has 0 N–H and O–H groups in total. The molecule has 49 heavy (non-hydrogen) atoms. The summed E-state index contributed by atoms with van der Waals surface area (Å²) in [5.74, 6) is 5.47. The molecule has 1 aliphatic rings. The first-order valence-electron chi connectivity index (χ1n) is 16.1. The highest BCUT2D eigenvalue weighted by molar-refractivity contribution is 7.18. The first-order chi connectivity index (χ1) is 23.4. The molecule has 4 rings (SSSR count). The highest BCUT2D eigenvalue weighted by Gasteiger charge is 2.58. The molecule has 0 saturated carbocycles. The standard InChI is InChI=1S/C39H52O9Si/c1-20-21(2)23(4)36(22(20)3)49(37-30(43-11)17-27(40-8)24(5)33(37)46-14,38-31(44-12)18-28(41-9)25(6)34(38)47-15)39-32(45-13)19-29(42-10)26(7)35(39)48-16/h17-19,22H,1-16H3. The van der Waals surface area contributed by atoms with Crippen LogP contribution < -0.4 is 58.2 Å². The number of methoxy groups -OCH3 is 9. The molecule has 1 aliphatic carbocycles. The number of benzene rings is 3. The van der Waals surface area contributed by atoms with Crippen LogP contribution in [0.2, 0.25) is 0 Å². The zero-order valence-electron chi connectivity index (χ0n) is 32.0. The SMILES string of the molecule is COc1cc(OC)c([Si](C2=C(C)C(C)=C(C)C2C)(c2c(OC)cc(OC)c(C)c2OC)c2c(OC)cc(OC)c(C)c2OC)c(OC)c1C. The van der Waals surface area contributed by atoms with Crippen molar-refractivity contribution in [2.75, 3.05) is 64.0 Å². The van der Waals surface area contributed by atoms with Gasteiger partial charge >= 0.3 is 0 Å². The molecule has 9 nitrogen and oxygen atoms in total. The summed E-state index contributed by atoms with van der Waals surface area (Å²) in [5.41, 5.74) is 6.08. The second kappa shape index (κ2) is 14.6. The first kappa shape index (κ1) is 37.4. The molecule has 0 aliphatic heterocycles. The average molecular weight is 693 g/mol. The second-order valence-electron chi connectivity index (χ2n) is 12.3. The maximum atomic E-state index is 6.46. The molecule has 3 aromatic carbocycles. The van der Waals surface area contributed by atoms with E-state index in [4.69, 9.17) is 42.6 Å². The van der Waals surface area contributed by atoms with Crippen LogP contribution in [-0.4, -0.2) is 72.1 Å². The van der Waals surface area contributed by atoms with Gasteiger partial charge in [0.1, 0.15) is 51.7 Å². The van der Waals surface area contributed by atoms with Gasteiger partial charge in [-0.05, 0) is 53.0 Å². The molecule has 1 unspecified atom stereocenters. The molecule has 0 saturated heterocycles. The van der Waals surface area contributed by atoms with Gasteiger partial charge in [-0.3, -0.25) is 0 Å². The molecule has 0 fully saturated rings. The Bertz CT molecular complexity index is 1650. The Hall–Kier alpha value is -4.44. The van der Waals surface area contributed by atoms with Gasteiger partial charge in [-0.25, -0.2) is 0 Å². The van der Waals surface area contributed by atoms with E-state index < -0.39 is 8.07 Å². The van der Waals surface area contributed by atoms with E-state index in [1.54, 1.807) is 64.0 Å². The maximum Gasteiger partial charge on any atom is 0.203 e. The van der Waals surface area contributed by atoms with Crippen molar-refractivity contribution < 1.29 is 42.6 Å². The molecule has 0 bridgehead atoms. The second-order valence-corrected chi connectivity index (χ2v) is 15.8. The molecule has 0 aromatic heterocycles. The van der Waals surface area contributed by atoms with Crippen LogP contribution in [0.15, 0.2) is 40.1 Å². The van der Waals surface area contributed by atoms with Gasteiger partial charge in [0.05, 0.1) is 64.0 Å². The molecule has 0 amide bonds. The lowest BCUT2D eigenvalue weighted by molar-refractivity contribution is 0.372. The van der Waals surface area contributed by atoms with Crippen LogP contribution in [-0.2, 0) is 0 Å². The largest absolute Gasteiger partial charge is 0.497 e. The van der Waals surface area contributed by atoms with Gasteiger partial charge in [-0.2, -0.15) is 0 Å². The van der Waals surface area contributed by atoms with Crippen molar-refractivity contribution in [3.63, 3.8) is 0 Å². The Morgan fingerprint density at radius 1 is 0.408 bits per heavy atom. The number of hydrogen-bond donors (Lipinski definition) is 0. The number of hydrogen-bond acceptors (Lipinski definition) is 9. The Kier molecular flexibility index (Phi) is 11.1. The fourth-order valence-electron chi connectivity index (χ4n) is 7.83. The van der Waals surface area contributed by atoms with Crippen LogP contribution in [0.25, 0.3) is 0 Å². The summed E-state index contributed by atoms with van der Waals surface area (Å²) in [4.78, 5) is 0. The van der Waals surface area contributed by atoms with Crippen molar-refractivity contribution in [1.82, 2.24) is 0 Å². The van der Waals surface area contributed by atoms with Crippen molar-refractivity contribution in [3.05, 3.63) is 56.8 Å². The summed E-state index contributed by atoms with van der Waals surface area (Å²) in [5, 5.41) is 3.69. The minimum atomic E-state index is -3.87. The molecular formula is C39H52O9Si. The average Bonchev–Trinajstić information content (AvgIpc) is 3.30. The van der Waals surface area contributed by atoms with Crippen molar-refractivity contribution in [2.45, 2.75) is 48.5 Å². The summed E-state index contributed by atoms with van der Waals surface area (Å²) in [6, 6.07) is 5.80. The topological polar surface area (TPSA) is 83.1 Å². The maximum absolute atomic E-state index is 6.46. The number of allylic oxidation sites excluding steroid dienone is 4. The molecular weight excluding hydrogens is 641 g/mol. The van der Waals surface area contributed by atoms with Gasteiger partial charge in [0.15, 0.2) is 0 Å². The van der Waals surface area contributed by atoms with Gasteiger partial charge in [0.2, 0.25) is 8.07 Å². The number of ether oxygens (including phenoxy) is 9. The lowest BCUT2D eigenvalue weighted by atomic mass is 10.1. The minimum absolute atomic E-state index is 0.0165. The lowest BCUT2D eigenvalue weighted by Gasteiger charge is -2.42. The Morgan fingerprint density at radius 3 is 0.898 bits per heavy atom. The molecule has 3 aromatic rings. The molecule has 0 radical (unpaired) electrons. The van der Waals surface area contributed by atoms with Gasteiger partial charge in [0.25, 0.3) is 0 Å². The number of rotatable bonds is 13. The van der Waals surface area contributed by atoms with E-state index in [0.29, 0.717) is 51.7 Å². The third-order valence-corrected chi connectivity index (χ3v) is 15.7. The summed E-state index contributed by atoms with van der Waals surface area (Å²) >= 11 is 0. The summed E-state index contributed by atoms with van der Waals surface area (Å²) in [6.07, 6.45) is 0. The van der Waals surface area contributed by atoms with Crippen LogP contribution in [0.3, 0.4) is 0 Å².